The molecule has 7 aromatic rings. The van der Waals surface area contributed by atoms with Gasteiger partial charge in [0.1, 0.15) is 0 Å². The first-order valence-corrected chi connectivity index (χ1v) is 16.1. The number of aromatic nitrogens is 3. The first-order chi connectivity index (χ1) is 21.5. The van der Waals surface area contributed by atoms with Gasteiger partial charge in [0, 0.05) is 31.7 Å². The van der Waals surface area contributed by atoms with Gasteiger partial charge in [0.25, 0.3) is 0 Å². The summed E-state index contributed by atoms with van der Waals surface area (Å²) >= 11 is 1.89. The van der Waals surface area contributed by atoms with Crippen molar-refractivity contribution in [3.63, 3.8) is 0 Å². The minimum Gasteiger partial charge on any atom is -0.208 e. The van der Waals surface area contributed by atoms with Crippen LogP contribution in [-0.4, -0.2) is 15.0 Å². The molecule has 2 aliphatic rings. The topological polar surface area (TPSA) is 38.7 Å². The van der Waals surface area contributed by atoms with Gasteiger partial charge in [0.05, 0.1) is 0 Å². The molecule has 0 atom stereocenters. The highest BCUT2D eigenvalue weighted by atomic mass is 32.1. The molecule has 5 aromatic carbocycles. The molecular formula is C40H29N3S. The van der Waals surface area contributed by atoms with Gasteiger partial charge in [-0.2, -0.15) is 0 Å². The van der Waals surface area contributed by atoms with Crippen LogP contribution in [0.15, 0.2) is 109 Å². The van der Waals surface area contributed by atoms with E-state index in [2.05, 4.69) is 111 Å². The predicted octanol–water partition coefficient (Wildman–Crippen LogP) is 10.5. The van der Waals surface area contributed by atoms with Gasteiger partial charge in [-0.25, -0.2) is 15.0 Å². The predicted molar refractivity (Wildman–Crippen MR) is 184 cm³/mol. The summed E-state index contributed by atoms with van der Waals surface area (Å²) in [7, 11) is 0. The molecule has 44 heavy (non-hydrogen) atoms. The average molecular weight is 584 g/mol. The molecule has 210 valence electrons. The van der Waals surface area contributed by atoms with E-state index in [0.717, 1.165) is 29.5 Å². The normalized spacial score (nSPS) is 14.5. The average Bonchev–Trinajstić information content (AvgIpc) is 3.54. The Morgan fingerprint density at radius 3 is 2.25 bits per heavy atom. The number of allylic oxidation sites excluding steroid dienone is 1. The van der Waals surface area contributed by atoms with Crippen LogP contribution in [0.5, 0.6) is 0 Å². The summed E-state index contributed by atoms with van der Waals surface area (Å²) in [4.78, 5) is 16.8. The van der Waals surface area contributed by atoms with Crippen LogP contribution in [-0.2, 0) is 11.8 Å². The molecule has 0 spiro atoms. The van der Waals surface area contributed by atoms with E-state index >= 15 is 0 Å². The molecule has 0 saturated carbocycles. The third-order valence-electron chi connectivity index (χ3n) is 9.40. The molecule has 0 fully saturated rings. The quantitative estimate of drug-likeness (QED) is 0.208. The lowest BCUT2D eigenvalue weighted by Crippen LogP contribution is -2.14. The zero-order valence-corrected chi connectivity index (χ0v) is 25.5. The van der Waals surface area contributed by atoms with Crippen molar-refractivity contribution in [2.75, 3.05) is 0 Å². The van der Waals surface area contributed by atoms with Crippen molar-refractivity contribution >= 4 is 38.3 Å². The van der Waals surface area contributed by atoms with Gasteiger partial charge < -0.3 is 0 Å². The lowest BCUT2D eigenvalue weighted by molar-refractivity contribution is 0.660. The Morgan fingerprint density at radius 2 is 1.36 bits per heavy atom. The number of benzene rings is 5. The number of nitrogens with zero attached hydrogens (tertiary/aromatic N) is 3. The number of rotatable bonds is 3. The third-order valence-corrected chi connectivity index (χ3v) is 10.6. The van der Waals surface area contributed by atoms with Crippen LogP contribution >= 0.6 is 11.3 Å². The lowest BCUT2D eigenvalue weighted by atomic mass is 9.82. The SMILES string of the molecule is CC1(C)c2ccccc2-c2cc(-c3nc(-c4ccccc4)nc(-c4cccc5cc6sc7c(c6cc45)CCC=C7)n3)ccc21. The minimum atomic E-state index is -0.0468. The summed E-state index contributed by atoms with van der Waals surface area (Å²) in [6, 6.07) is 36.9. The van der Waals surface area contributed by atoms with E-state index in [4.69, 9.17) is 15.0 Å². The fraction of sp³-hybridized carbons (Fsp3) is 0.125. The van der Waals surface area contributed by atoms with Crippen molar-refractivity contribution in [1.82, 2.24) is 15.0 Å². The second-order valence-electron chi connectivity index (χ2n) is 12.4. The van der Waals surface area contributed by atoms with Crippen molar-refractivity contribution in [2.24, 2.45) is 0 Å². The van der Waals surface area contributed by atoms with Crippen molar-refractivity contribution in [1.29, 1.82) is 0 Å². The third kappa shape index (κ3) is 3.84. The highest BCUT2D eigenvalue weighted by Crippen LogP contribution is 2.49. The van der Waals surface area contributed by atoms with E-state index < -0.39 is 0 Å². The molecule has 9 rings (SSSR count). The van der Waals surface area contributed by atoms with Crippen LogP contribution in [0.25, 0.3) is 72.2 Å². The molecule has 0 unspecified atom stereocenters. The molecule has 0 radical (unpaired) electrons. The van der Waals surface area contributed by atoms with Gasteiger partial charge in [-0.3, -0.25) is 0 Å². The summed E-state index contributed by atoms with van der Waals surface area (Å²) in [5, 5.41) is 3.74. The second-order valence-corrected chi connectivity index (χ2v) is 13.4. The zero-order valence-electron chi connectivity index (χ0n) is 24.6. The Balaban J connectivity index is 1.27. The van der Waals surface area contributed by atoms with Gasteiger partial charge in [-0.1, -0.05) is 105 Å². The molecule has 0 N–H and O–H groups in total. The summed E-state index contributed by atoms with van der Waals surface area (Å²) in [5.41, 5.74) is 9.68. The molecule has 0 bridgehead atoms. The molecule has 2 heterocycles. The molecular weight excluding hydrogens is 555 g/mol. The monoisotopic (exact) mass is 583 g/mol. The van der Waals surface area contributed by atoms with Crippen LogP contribution in [0.2, 0.25) is 0 Å². The van der Waals surface area contributed by atoms with E-state index in [1.807, 2.05) is 29.5 Å². The number of hydrogen-bond acceptors (Lipinski definition) is 4. The number of thiophene rings is 1. The van der Waals surface area contributed by atoms with Crippen molar-refractivity contribution in [2.45, 2.75) is 32.1 Å². The minimum absolute atomic E-state index is 0.0468. The summed E-state index contributed by atoms with van der Waals surface area (Å²) < 4.78 is 1.34. The van der Waals surface area contributed by atoms with Crippen molar-refractivity contribution < 1.29 is 0 Å². The van der Waals surface area contributed by atoms with E-state index in [1.165, 1.54) is 53.6 Å². The van der Waals surface area contributed by atoms with E-state index in [0.29, 0.717) is 17.5 Å². The van der Waals surface area contributed by atoms with Crippen molar-refractivity contribution in [3.8, 4) is 45.3 Å². The molecule has 0 saturated heterocycles. The van der Waals surface area contributed by atoms with Crippen LogP contribution in [0.3, 0.4) is 0 Å². The Labute approximate surface area is 260 Å². The van der Waals surface area contributed by atoms with Crippen molar-refractivity contribution in [3.05, 3.63) is 131 Å². The largest absolute Gasteiger partial charge is 0.208 e. The van der Waals surface area contributed by atoms with E-state index in [1.54, 1.807) is 0 Å². The molecule has 0 amide bonds. The summed E-state index contributed by atoms with van der Waals surface area (Å²) in [6.45, 7) is 4.62. The Bertz CT molecular complexity index is 2310. The number of hydrogen-bond donors (Lipinski definition) is 0. The number of aryl methyl sites for hydroxylation is 1. The van der Waals surface area contributed by atoms with E-state index in [9.17, 15) is 0 Å². The molecule has 3 nitrogen and oxygen atoms in total. The van der Waals surface area contributed by atoms with E-state index in [-0.39, 0.29) is 5.41 Å². The molecule has 4 heteroatoms. The maximum Gasteiger partial charge on any atom is 0.164 e. The highest BCUT2D eigenvalue weighted by Gasteiger charge is 2.35. The summed E-state index contributed by atoms with van der Waals surface area (Å²) in [5.74, 6) is 2.07. The lowest BCUT2D eigenvalue weighted by Gasteiger charge is -2.21. The first-order valence-electron chi connectivity index (χ1n) is 15.3. The maximum absolute atomic E-state index is 5.19. The molecule has 0 aliphatic heterocycles. The second kappa shape index (κ2) is 9.54. The van der Waals surface area contributed by atoms with Gasteiger partial charge in [0.2, 0.25) is 0 Å². The zero-order chi connectivity index (χ0) is 29.4. The smallest absolute Gasteiger partial charge is 0.164 e. The fourth-order valence-electron chi connectivity index (χ4n) is 7.14. The maximum atomic E-state index is 5.19. The van der Waals surface area contributed by atoms with Crippen LogP contribution in [0.1, 0.15) is 41.8 Å². The van der Waals surface area contributed by atoms with Crippen LogP contribution < -0.4 is 0 Å². The Kier molecular flexibility index (Phi) is 5.54. The molecule has 2 aliphatic carbocycles. The molecule has 2 aromatic heterocycles. The fourth-order valence-corrected chi connectivity index (χ4v) is 8.36. The number of fused-ring (bicyclic) bond motifs is 7. The standard InChI is InChI=1S/C40H29N3S/c1-40(2)33-17-8-6-14-27(33)31-21-26(19-20-34(31)40)38-41-37(24-11-4-3-5-12-24)42-39(43-38)29-16-10-13-25-22-36-32(23-30(25)29)28-15-7-9-18-35(28)44-36/h3-6,8-14,16-23H,7,15H2,1-2H3. The van der Waals surface area contributed by atoms with Gasteiger partial charge in [-0.15, -0.1) is 11.3 Å². The Hall–Kier alpha value is -4.93. The first kappa shape index (κ1) is 25.6. The van der Waals surface area contributed by atoms with Gasteiger partial charge in [0.15, 0.2) is 17.5 Å². The Morgan fingerprint density at radius 1 is 0.614 bits per heavy atom. The van der Waals surface area contributed by atoms with Gasteiger partial charge in [-0.05, 0) is 81.1 Å². The van der Waals surface area contributed by atoms with Gasteiger partial charge >= 0.3 is 0 Å². The van der Waals surface area contributed by atoms with Crippen LogP contribution in [0.4, 0.5) is 0 Å². The summed E-state index contributed by atoms with van der Waals surface area (Å²) in [6.07, 6.45) is 6.76. The van der Waals surface area contributed by atoms with Crippen LogP contribution in [0, 0.1) is 0 Å². The highest BCUT2D eigenvalue weighted by molar-refractivity contribution is 7.20.